The summed E-state index contributed by atoms with van der Waals surface area (Å²) >= 11 is 8.26. The zero-order valence-corrected chi connectivity index (χ0v) is 26.6. The van der Waals surface area contributed by atoms with Crippen LogP contribution in [0.3, 0.4) is 0 Å². The number of allylic oxidation sites excluding steroid dienone is 8. The van der Waals surface area contributed by atoms with Crippen LogP contribution in [0.4, 0.5) is 0 Å². The molecule has 0 bridgehead atoms. The number of thiocyanates is 1. The van der Waals surface area contributed by atoms with Gasteiger partial charge in [-0.05, 0) is 66.1 Å². The summed E-state index contributed by atoms with van der Waals surface area (Å²) in [6.45, 7) is 4.49. The summed E-state index contributed by atoms with van der Waals surface area (Å²) in [4.78, 5) is 7.42. The van der Waals surface area contributed by atoms with E-state index in [0.717, 1.165) is 66.2 Å². The van der Waals surface area contributed by atoms with E-state index in [1.807, 2.05) is 0 Å². The lowest BCUT2D eigenvalue weighted by molar-refractivity contribution is 0.437. The Morgan fingerprint density at radius 2 is 1.86 bits per heavy atom. The summed E-state index contributed by atoms with van der Waals surface area (Å²) in [6, 6.07) is 10.6. The molecule has 1 aromatic carbocycles. The molecule has 1 N–H and O–H groups in total. The molecule has 0 amide bonds. The topological polar surface area (TPSA) is 51.4 Å². The molecule has 0 aromatic heterocycles. The molecule has 4 aliphatic rings. The minimum absolute atomic E-state index is 0.00142. The smallest absolute Gasteiger partial charge is 0.143 e. The Bertz CT molecular complexity index is 1390. The van der Waals surface area contributed by atoms with E-state index in [4.69, 9.17) is 21.9 Å². The third-order valence-corrected chi connectivity index (χ3v) is 9.58. The summed E-state index contributed by atoms with van der Waals surface area (Å²) in [5.41, 5.74) is 7.61. The second kappa shape index (κ2) is 16.0. The highest BCUT2D eigenvalue weighted by molar-refractivity contribution is 8.03. The SMILES string of the molecule is C=C1/C(=C/C2=CC(Cl)C(CCCCCCCCCSC#N)C=C2)NC2C(Cc3ccccc3)=NC(C3=CCCC=C3)=CN12. The minimum atomic E-state index is -0.0555. The van der Waals surface area contributed by atoms with Crippen molar-refractivity contribution in [3.05, 3.63) is 119 Å². The number of hydrogen-bond acceptors (Lipinski definition) is 5. The lowest BCUT2D eigenvalue weighted by atomic mass is 9.90. The second-order valence-electron chi connectivity index (χ2n) is 11.7. The Balaban J connectivity index is 1.18. The predicted octanol–water partition coefficient (Wildman–Crippen LogP) is 9.49. The van der Waals surface area contributed by atoms with Crippen LogP contribution in [-0.2, 0) is 6.42 Å². The fourth-order valence-electron chi connectivity index (χ4n) is 6.08. The van der Waals surface area contributed by atoms with Crippen LogP contribution in [0.5, 0.6) is 0 Å². The number of fused-ring (bicyclic) bond motifs is 1. The molecule has 2 aliphatic carbocycles. The van der Waals surface area contributed by atoms with Gasteiger partial charge in [0, 0.05) is 18.4 Å². The standard InChI is InChI=1S/C37H43ClN4S/c1-28-34(25-30-20-21-31(33(38)23-30)17-11-5-3-2-4-6-14-22-43-27-39)41-37-35(24-29-15-9-7-10-16-29)40-36(26-42(28)37)32-18-12-8-13-19-32/h7,9-10,12,15-16,18-21,23,25-26,31,33,37,41H,1-6,8,11,13-14,17,22,24H2/b34-25-. The monoisotopic (exact) mass is 610 g/mol. The molecule has 1 aromatic rings. The van der Waals surface area contributed by atoms with Gasteiger partial charge in [0.2, 0.25) is 0 Å². The first-order valence-electron chi connectivity index (χ1n) is 15.8. The molecule has 0 radical (unpaired) electrons. The van der Waals surface area contributed by atoms with Crippen molar-refractivity contribution in [1.29, 1.82) is 5.26 Å². The molecular formula is C37H43ClN4S. The maximum Gasteiger partial charge on any atom is 0.143 e. The first-order valence-corrected chi connectivity index (χ1v) is 17.3. The Morgan fingerprint density at radius 1 is 1.07 bits per heavy atom. The van der Waals surface area contributed by atoms with Crippen molar-refractivity contribution in [1.82, 2.24) is 10.2 Å². The summed E-state index contributed by atoms with van der Waals surface area (Å²) in [7, 11) is 0. The van der Waals surface area contributed by atoms with E-state index in [2.05, 4.69) is 101 Å². The van der Waals surface area contributed by atoms with Gasteiger partial charge in [0.05, 0.1) is 28.2 Å². The number of nitriles is 1. The number of aliphatic imine (C=N–C) groups is 1. The van der Waals surface area contributed by atoms with E-state index >= 15 is 0 Å². The Hall–Kier alpha value is -3.20. The van der Waals surface area contributed by atoms with Crippen molar-refractivity contribution in [2.75, 3.05) is 5.75 Å². The van der Waals surface area contributed by atoms with Crippen molar-refractivity contribution in [2.45, 2.75) is 82.2 Å². The predicted molar refractivity (Wildman–Crippen MR) is 183 cm³/mol. The number of rotatable bonds is 14. The van der Waals surface area contributed by atoms with Gasteiger partial charge in [-0.3, -0.25) is 4.99 Å². The molecule has 0 spiro atoms. The van der Waals surface area contributed by atoms with E-state index < -0.39 is 0 Å². The third-order valence-electron chi connectivity index (χ3n) is 8.51. The van der Waals surface area contributed by atoms with Gasteiger partial charge in [-0.2, -0.15) is 5.26 Å². The number of unbranched alkanes of at least 4 members (excludes halogenated alkanes) is 6. The Kier molecular flexibility index (Phi) is 11.6. The molecule has 1 fully saturated rings. The first kappa shape index (κ1) is 31.2. The van der Waals surface area contributed by atoms with E-state index in [-0.39, 0.29) is 11.5 Å². The van der Waals surface area contributed by atoms with Crippen LogP contribution >= 0.6 is 23.4 Å². The van der Waals surface area contributed by atoms with Gasteiger partial charge in [0.25, 0.3) is 0 Å². The maximum absolute atomic E-state index is 8.59. The highest BCUT2D eigenvalue weighted by Crippen LogP contribution is 2.34. The highest BCUT2D eigenvalue weighted by Gasteiger charge is 2.36. The maximum atomic E-state index is 8.59. The van der Waals surface area contributed by atoms with E-state index in [1.165, 1.54) is 61.4 Å². The van der Waals surface area contributed by atoms with Crippen LogP contribution in [0.25, 0.3) is 0 Å². The molecule has 43 heavy (non-hydrogen) atoms. The Labute approximate surface area is 267 Å². The molecule has 2 heterocycles. The van der Waals surface area contributed by atoms with Crippen LogP contribution in [0.1, 0.15) is 69.8 Å². The lowest BCUT2D eigenvalue weighted by Gasteiger charge is -2.29. The van der Waals surface area contributed by atoms with Gasteiger partial charge in [-0.1, -0.05) is 112 Å². The first-order chi connectivity index (χ1) is 21.1. The largest absolute Gasteiger partial charge is 0.358 e. The summed E-state index contributed by atoms with van der Waals surface area (Å²) < 4.78 is 0. The van der Waals surface area contributed by atoms with Crippen molar-refractivity contribution in [3.63, 3.8) is 0 Å². The zero-order chi connectivity index (χ0) is 29.9. The molecule has 3 unspecified atom stereocenters. The molecular weight excluding hydrogens is 568 g/mol. The molecule has 224 valence electrons. The van der Waals surface area contributed by atoms with Crippen molar-refractivity contribution in [2.24, 2.45) is 10.9 Å². The fourth-order valence-corrected chi connectivity index (χ4v) is 6.88. The number of thioether (sulfide) groups is 1. The average molecular weight is 611 g/mol. The molecule has 3 atom stereocenters. The molecule has 2 aliphatic heterocycles. The number of benzene rings is 1. The second-order valence-corrected chi connectivity index (χ2v) is 13.1. The van der Waals surface area contributed by atoms with E-state index in [9.17, 15) is 0 Å². The molecule has 0 saturated carbocycles. The van der Waals surface area contributed by atoms with Crippen molar-refractivity contribution < 1.29 is 0 Å². The van der Waals surface area contributed by atoms with Crippen LogP contribution in [0.2, 0.25) is 0 Å². The third kappa shape index (κ3) is 8.68. The molecule has 6 heteroatoms. The average Bonchev–Trinajstić information content (AvgIpc) is 3.34. The lowest BCUT2D eigenvalue weighted by Crippen LogP contribution is -2.42. The van der Waals surface area contributed by atoms with Crippen LogP contribution in [0.15, 0.2) is 119 Å². The Morgan fingerprint density at radius 3 is 2.60 bits per heavy atom. The molecule has 4 nitrogen and oxygen atoms in total. The van der Waals surface area contributed by atoms with E-state index in [1.54, 1.807) is 0 Å². The summed E-state index contributed by atoms with van der Waals surface area (Å²) in [6.07, 6.45) is 30.5. The van der Waals surface area contributed by atoms with Gasteiger partial charge in [-0.25, -0.2) is 0 Å². The van der Waals surface area contributed by atoms with Crippen LogP contribution in [0, 0.1) is 16.6 Å². The number of hydrogen-bond donors (Lipinski definition) is 1. The highest BCUT2D eigenvalue weighted by atomic mass is 35.5. The van der Waals surface area contributed by atoms with Gasteiger partial charge in [0.1, 0.15) is 11.6 Å². The number of alkyl halides is 1. The summed E-state index contributed by atoms with van der Waals surface area (Å²) in [5, 5.41) is 14.5. The van der Waals surface area contributed by atoms with Crippen LogP contribution in [-0.4, -0.2) is 27.9 Å². The quantitative estimate of drug-likeness (QED) is 0.129. The van der Waals surface area contributed by atoms with Gasteiger partial charge in [0.15, 0.2) is 0 Å². The number of nitrogens with zero attached hydrogens (tertiary/aromatic N) is 3. The van der Waals surface area contributed by atoms with Crippen molar-refractivity contribution >= 4 is 29.1 Å². The van der Waals surface area contributed by atoms with Crippen molar-refractivity contribution in [3.8, 4) is 5.40 Å². The molecule has 1 saturated heterocycles. The number of nitrogens with one attached hydrogen (secondary N) is 1. The number of halogens is 1. The minimum Gasteiger partial charge on any atom is -0.358 e. The fraction of sp³-hybridized carbons (Fsp3) is 0.405. The summed E-state index contributed by atoms with van der Waals surface area (Å²) in [5.74, 6) is 1.35. The van der Waals surface area contributed by atoms with Gasteiger partial charge in [-0.15, -0.1) is 11.6 Å². The van der Waals surface area contributed by atoms with Gasteiger partial charge < -0.3 is 10.2 Å². The van der Waals surface area contributed by atoms with Crippen LogP contribution < -0.4 is 5.32 Å². The molecule has 5 rings (SSSR count). The normalized spacial score (nSPS) is 23.7. The van der Waals surface area contributed by atoms with Gasteiger partial charge >= 0.3 is 0 Å². The van der Waals surface area contributed by atoms with E-state index in [0.29, 0.717) is 5.92 Å². The zero-order valence-electron chi connectivity index (χ0n) is 25.1.